The minimum atomic E-state index is -0.715. The van der Waals surface area contributed by atoms with Gasteiger partial charge in [0, 0.05) is 18.5 Å². The Bertz CT molecular complexity index is 589. The largest absolute Gasteiger partial charge is 0.466 e. The summed E-state index contributed by atoms with van der Waals surface area (Å²) in [5.74, 6) is -2.57. The molecule has 2 rings (SSSR count). The van der Waals surface area contributed by atoms with Gasteiger partial charge in [0.25, 0.3) is 0 Å². The van der Waals surface area contributed by atoms with Crippen LogP contribution in [0, 0.1) is 23.7 Å². The molecule has 152 valence electrons. The summed E-state index contributed by atoms with van der Waals surface area (Å²) in [6.07, 6.45) is 5.55. The summed E-state index contributed by atoms with van der Waals surface area (Å²) >= 11 is 0. The molecule has 7 nitrogen and oxygen atoms in total. The first-order chi connectivity index (χ1) is 12.9. The molecule has 0 spiro atoms. The van der Waals surface area contributed by atoms with Crippen LogP contribution in [0.25, 0.3) is 0 Å². The Morgan fingerprint density at radius 1 is 1.30 bits per heavy atom. The zero-order chi connectivity index (χ0) is 20.1. The number of likely N-dealkylation sites (tertiary alicyclic amines) is 1. The lowest BCUT2D eigenvalue weighted by atomic mass is 9.69. The summed E-state index contributed by atoms with van der Waals surface area (Å²) in [7, 11) is 0. The van der Waals surface area contributed by atoms with E-state index in [1.807, 2.05) is 32.9 Å². The minimum Gasteiger partial charge on any atom is -0.466 e. The van der Waals surface area contributed by atoms with E-state index >= 15 is 0 Å². The van der Waals surface area contributed by atoms with E-state index in [4.69, 9.17) is 4.74 Å². The zero-order valence-electron chi connectivity index (χ0n) is 16.7. The van der Waals surface area contributed by atoms with E-state index in [-0.39, 0.29) is 49.5 Å². The van der Waals surface area contributed by atoms with Gasteiger partial charge < -0.3 is 20.1 Å². The highest BCUT2D eigenvalue weighted by molar-refractivity contribution is 5.96. The highest BCUT2D eigenvalue weighted by atomic mass is 16.5. The lowest BCUT2D eigenvalue weighted by Crippen LogP contribution is -2.49. The van der Waals surface area contributed by atoms with Gasteiger partial charge in [-0.15, -0.1) is 0 Å². The summed E-state index contributed by atoms with van der Waals surface area (Å²) in [6, 6.07) is -0.781. The third-order valence-electron chi connectivity index (χ3n) is 5.33. The first kappa shape index (κ1) is 21.4. The van der Waals surface area contributed by atoms with E-state index in [9.17, 15) is 19.5 Å². The van der Waals surface area contributed by atoms with Crippen LogP contribution in [0.15, 0.2) is 12.2 Å². The number of carbonyl (C=O) groups is 3. The van der Waals surface area contributed by atoms with Crippen molar-refractivity contribution in [1.29, 1.82) is 0 Å². The molecule has 0 unspecified atom stereocenters. The lowest BCUT2D eigenvalue weighted by molar-refractivity contribution is -0.155. The maximum absolute atomic E-state index is 13.2. The van der Waals surface area contributed by atoms with E-state index < -0.39 is 23.8 Å². The molecule has 0 saturated carbocycles. The van der Waals surface area contributed by atoms with Crippen LogP contribution < -0.4 is 5.32 Å². The number of esters is 1. The number of carbonyl (C=O) groups excluding carboxylic acids is 3. The predicted molar refractivity (Wildman–Crippen MR) is 101 cm³/mol. The average Bonchev–Trinajstić information content (AvgIpc) is 2.87. The SMILES string of the molecule is CCC[C@@H]1C=C[C@H]2[C@H](C(=O)N(CCO)[C@@H]2C(=O)NC(C)C)[C@@H]1C(=O)OCC. The van der Waals surface area contributed by atoms with Crippen LogP contribution >= 0.6 is 0 Å². The van der Waals surface area contributed by atoms with Gasteiger partial charge in [0.2, 0.25) is 11.8 Å². The molecular weight excluding hydrogens is 348 g/mol. The smallest absolute Gasteiger partial charge is 0.310 e. The molecule has 2 aliphatic rings. The number of β-amino-alcohol motifs (C(OH)–C–C–N with tert-alkyl or cyclic N) is 1. The third kappa shape index (κ3) is 4.34. The van der Waals surface area contributed by atoms with Gasteiger partial charge in [-0.2, -0.15) is 0 Å². The Hall–Kier alpha value is -1.89. The van der Waals surface area contributed by atoms with E-state index in [1.54, 1.807) is 6.92 Å². The quantitative estimate of drug-likeness (QED) is 0.486. The number of nitrogens with zero attached hydrogens (tertiary/aromatic N) is 1. The monoisotopic (exact) mass is 380 g/mol. The maximum atomic E-state index is 13.2. The Balaban J connectivity index is 2.43. The Kier molecular flexibility index (Phi) is 7.41. The number of aliphatic hydroxyl groups excluding tert-OH is 1. The Morgan fingerprint density at radius 3 is 2.56 bits per heavy atom. The van der Waals surface area contributed by atoms with E-state index in [0.717, 1.165) is 12.8 Å². The molecule has 1 fully saturated rings. The second-order valence-corrected chi connectivity index (χ2v) is 7.58. The zero-order valence-corrected chi connectivity index (χ0v) is 16.7. The van der Waals surface area contributed by atoms with Crippen LogP contribution in [-0.2, 0) is 19.1 Å². The molecule has 7 heteroatoms. The van der Waals surface area contributed by atoms with Gasteiger partial charge in [0.1, 0.15) is 6.04 Å². The molecule has 0 bridgehead atoms. The Labute approximate surface area is 161 Å². The number of fused-ring (bicyclic) bond motifs is 1. The fourth-order valence-electron chi connectivity index (χ4n) is 4.38. The van der Waals surface area contributed by atoms with E-state index in [1.165, 1.54) is 4.90 Å². The van der Waals surface area contributed by atoms with Crippen LogP contribution in [0.2, 0.25) is 0 Å². The van der Waals surface area contributed by atoms with Crippen molar-refractivity contribution in [3.05, 3.63) is 12.2 Å². The standard InChI is InChI=1S/C20H32N2O5/c1-5-7-13-8-9-14-16(15(13)20(26)27-6-2)19(25)22(10-11-23)17(14)18(24)21-12(3)4/h8-9,12-17,23H,5-7,10-11H2,1-4H3,(H,21,24)/t13-,14+,15-,16+,17+/m1/s1. The lowest BCUT2D eigenvalue weighted by Gasteiger charge is -2.34. The second-order valence-electron chi connectivity index (χ2n) is 7.58. The molecule has 0 aromatic rings. The number of allylic oxidation sites excluding steroid dienone is 1. The molecule has 0 radical (unpaired) electrons. The van der Waals surface area contributed by atoms with Gasteiger partial charge >= 0.3 is 5.97 Å². The van der Waals surface area contributed by atoms with Crippen molar-refractivity contribution >= 4 is 17.8 Å². The molecule has 0 aromatic carbocycles. The van der Waals surface area contributed by atoms with Crippen LogP contribution in [0.4, 0.5) is 0 Å². The number of nitrogens with one attached hydrogen (secondary N) is 1. The fraction of sp³-hybridized carbons (Fsp3) is 0.750. The van der Waals surface area contributed by atoms with Crippen molar-refractivity contribution in [2.45, 2.75) is 52.6 Å². The highest BCUT2D eigenvalue weighted by Crippen LogP contribution is 2.45. The molecule has 2 amide bonds. The number of amides is 2. The van der Waals surface area contributed by atoms with Crippen LogP contribution in [0.1, 0.15) is 40.5 Å². The molecule has 0 aromatic heterocycles. The number of aliphatic hydroxyl groups is 1. The van der Waals surface area contributed by atoms with Gasteiger partial charge in [-0.1, -0.05) is 25.5 Å². The Morgan fingerprint density at radius 2 is 2.00 bits per heavy atom. The van der Waals surface area contributed by atoms with Crippen molar-refractivity contribution in [1.82, 2.24) is 10.2 Å². The number of hydrogen-bond acceptors (Lipinski definition) is 5. The maximum Gasteiger partial charge on any atom is 0.310 e. The summed E-state index contributed by atoms with van der Waals surface area (Å²) in [5, 5.41) is 12.3. The first-order valence-corrected chi connectivity index (χ1v) is 9.93. The van der Waals surface area contributed by atoms with Gasteiger partial charge in [0.05, 0.1) is 25.0 Å². The van der Waals surface area contributed by atoms with Crippen LogP contribution in [0.3, 0.4) is 0 Å². The number of hydrogen-bond donors (Lipinski definition) is 2. The summed E-state index contributed by atoms with van der Waals surface area (Å²) < 4.78 is 5.28. The fourth-order valence-corrected chi connectivity index (χ4v) is 4.38. The van der Waals surface area contributed by atoms with Crippen molar-refractivity contribution in [2.75, 3.05) is 19.8 Å². The molecule has 1 saturated heterocycles. The van der Waals surface area contributed by atoms with Gasteiger partial charge in [-0.05, 0) is 33.1 Å². The summed E-state index contributed by atoms with van der Waals surface area (Å²) in [5.41, 5.74) is 0. The van der Waals surface area contributed by atoms with Gasteiger partial charge in [-0.3, -0.25) is 14.4 Å². The molecular formula is C20H32N2O5. The van der Waals surface area contributed by atoms with Crippen molar-refractivity contribution in [2.24, 2.45) is 23.7 Å². The molecule has 27 heavy (non-hydrogen) atoms. The number of ether oxygens (including phenoxy) is 1. The van der Waals surface area contributed by atoms with Crippen LogP contribution in [-0.4, -0.2) is 59.6 Å². The van der Waals surface area contributed by atoms with Crippen molar-refractivity contribution in [3.63, 3.8) is 0 Å². The first-order valence-electron chi connectivity index (χ1n) is 9.93. The van der Waals surface area contributed by atoms with Crippen LogP contribution in [0.5, 0.6) is 0 Å². The van der Waals surface area contributed by atoms with E-state index in [2.05, 4.69) is 5.32 Å². The number of rotatable bonds is 8. The summed E-state index contributed by atoms with van der Waals surface area (Å²) in [6.45, 7) is 7.59. The van der Waals surface area contributed by atoms with Crippen molar-refractivity contribution < 1.29 is 24.2 Å². The molecule has 1 aliphatic heterocycles. The third-order valence-corrected chi connectivity index (χ3v) is 5.33. The van der Waals surface area contributed by atoms with Gasteiger partial charge in [-0.25, -0.2) is 0 Å². The highest BCUT2D eigenvalue weighted by Gasteiger charge is 2.57. The molecule has 2 N–H and O–H groups in total. The minimum absolute atomic E-state index is 0.0658. The molecule has 5 atom stereocenters. The normalized spacial score (nSPS) is 29.8. The molecule has 1 heterocycles. The van der Waals surface area contributed by atoms with Gasteiger partial charge in [0.15, 0.2) is 0 Å². The van der Waals surface area contributed by atoms with Crippen molar-refractivity contribution in [3.8, 4) is 0 Å². The van der Waals surface area contributed by atoms with E-state index in [0.29, 0.717) is 0 Å². The predicted octanol–water partition coefficient (Wildman–Crippen LogP) is 1.11. The molecule has 1 aliphatic carbocycles. The summed E-state index contributed by atoms with van der Waals surface area (Å²) in [4.78, 5) is 40.1. The topological polar surface area (TPSA) is 95.9 Å². The second kappa shape index (κ2) is 9.35. The average molecular weight is 380 g/mol.